The van der Waals surface area contributed by atoms with Gasteiger partial charge in [0.2, 0.25) is 0 Å². The van der Waals surface area contributed by atoms with Crippen molar-refractivity contribution < 1.29 is 14.5 Å². The van der Waals surface area contributed by atoms with Gasteiger partial charge in [-0.25, -0.2) is 9.78 Å². The predicted molar refractivity (Wildman–Crippen MR) is 57.1 cm³/mol. The summed E-state index contributed by atoms with van der Waals surface area (Å²) in [5.41, 5.74) is 0.0760. The summed E-state index contributed by atoms with van der Waals surface area (Å²) in [6, 6.07) is 0. The fourth-order valence-corrected chi connectivity index (χ4v) is 2.56. The summed E-state index contributed by atoms with van der Waals surface area (Å²) in [6.07, 6.45) is 1.18. The van der Waals surface area contributed by atoms with Gasteiger partial charge in [0.1, 0.15) is 0 Å². The van der Waals surface area contributed by atoms with Crippen LogP contribution >= 0.6 is 18.5 Å². The standard InChI is InChI=1S/C8H12NO3PS/c1-13(2,12)4-3-7-9-6(5-14-7)8(10)11/h5H,3-4H2,1-2H3,(H,10,11). The van der Waals surface area contributed by atoms with Crippen LogP contribution in [0.2, 0.25) is 0 Å². The molecular formula is C8H12NO3PS. The van der Waals surface area contributed by atoms with E-state index in [2.05, 4.69) is 4.98 Å². The highest BCUT2D eigenvalue weighted by atomic mass is 32.1. The summed E-state index contributed by atoms with van der Waals surface area (Å²) in [6.45, 7) is 3.44. The SMILES string of the molecule is CP(C)(=O)CCc1nc(C(=O)O)cs1. The van der Waals surface area contributed by atoms with Crippen molar-refractivity contribution in [1.82, 2.24) is 4.98 Å². The first-order valence-electron chi connectivity index (χ1n) is 4.10. The lowest BCUT2D eigenvalue weighted by Gasteiger charge is -2.02. The van der Waals surface area contributed by atoms with Gasteiger partial charge in [-0.05, 0) is 13.3 Å². The van der Waals surface area contributed by atoms with Gasteiger partial charge in [-0.3, -0.25) is 0 Å². The van der Waals surface area contributed by atoms with Crippen molar-refractivity contribution in [2.45, 2.75) is 6.42 Å². The Labute approximate surface area is 86.4 Å². The molecule has 1 N–H and O–H groups in total. The number of rotatable bonds is 4. The molecule has 0 radical (unpaired) electrons. The van der Waals surface area contributed by atoms with Gasteiger partial charge in [0, 0.05) is 18.0 Å². The molecule has 78 valence electrons. The van der Waals surface area contributed by atoms with Crippen molar-refractivity contribution in [2.24, 2.45) is 0 Å². The topological polar surface area (TPSA) is 67.3 Å². The Morgan fingerprint density at radius 1 is 1.64 bits per heavy atom. The minimum absolute atomic E-state index is 0.0760. The molecule has 4 nitrogen and oxygen atoms in total. The molecule has 1 aromatic rings. The number of aromatic carboxylic acids is 1. The normalized spacial score (nSPS) is 11.6. The Bertz CT molecular complexity index is 382. The van der Waals surface area contributed by atoms with E-state index in [0.717, 1.165) is 5.01 Å². The Hall–Kier alpha value is -0.670. The number of thiazole rings is 1. The summed E-state index contributed by atoms with van der Waals surface area (Å²) >= 11 is 1.31. The molecule has 0 unspecified atom stereocenters. The van der Waals surface area contributed by atoms with Crippen molar-refractivity contribution in [2.75, 3.05) is 19.5 Å². The number of hydrogen-bond acceptors (Lipinski definition) is 4. The number of nitrogens with zero attached hydrogens (tertiary/aromatic N) is 1. The Morgan fingerprint density at radius 3 is 2.71 bits per heavy atom. The van der Waals surface area contributed by atoms with Crippen LogP contribution in [0.15, 0.2) is 5.38 Å². The molecule has 0 aliphatic carbocycles. The number of aryl methyl sites for hydroxylation is 1. The Morgan fingerprint density at radius 2 is 2.29 bits per heavy atom. The Kier molecular flexibility index (Phi) is 3.45. The highest BCUT2D eigenvalue weighted by Crippen LogP contribution is 2.36. The monoisotopic (exact) mass is 233 g/mol. The molecule has 0 bridgehead atoms. The fourth-order valence-electron chi connectivity index (χ4n) is 0.889. The fraction of sp³-hybridized carbons (Fsp3) is 0.500. The molecule has 0 amide bonds. The van der Waals surface area contributed by atoms with Crippen LogP contribution in [0.5, 0.6) is 0 Å². The number of carbonyl (C=O) groups is 1. The van der Waals surface area contributed by atoms with E-state index in [1.165, 1.54) is 16.7 Å². The third kappa shape index (κ3) is 3.60. The van der Waals surface area contributed by atoms with Gasteiger partial charge in [-0.15, -0.1) is 11.3 Å². The number of carboxylic acid groups (broad SMARTS) is 1. The summed E-state index contributed by atoms with van der Waals surface area (Å²) in [4.78, 5) is 14.4. The lowest BCUT2D eigenvalue weighted by molar-refractivity contribution is 0.0691. The zero-order valence-corrected chi connectivity index (χ0v) is 9.77. The molecule has 14 heavy (non-hydrogen) atoms. The molecule has 0 saturated heterocycles. The average Bonchev–Trinajstić information content (AvgIpc) is 2.47. The molecule has 0 aliphatic rings. The zero-order valence-electron chi connectivity index (χ0n) is 8.06. The molecule has 0 atom stereocenters. The van der Waals surface area contributed by atoms with Crippen LogP contribution in [0.3, 0.4) is 0 Å². The van der Waals surface area contributed by atoms with Gasteiger partial charge >= 0.3 is 5.97 Å². The predicted octanol–water partition coefficient (Wildman–Crippen LogP) is 2.01. The molecule has 0 aromatic carbocycles. The van der Waals surface area contributed by atoms with E-state index in [1.807, 2.05) is 0 Å². The van der Waals surface area contributed by atoms with Crippen LogP contribution in [0.25, 0.3) is 0 Å². The van der Waals surface area contributed by atoms with Crippen LogP contribution in [0.1, 0.15) is 15.5 Å². The third-order valence-electron chi connectivity index (χ3n) is 1.64. The van der Waals surface area contributed by atoms with E-state index in [9.17, 15) is 9.36 Å². The van der Waals surface area contributed by atoms with Crippen molar-refractivity contribution in [3.8, 4) is 0 Å². The molecule has 1 heterocycles. The van der Waals surface area contributed by atoms with Crippen LogP contribution in [-0.2, 0) is 11.0 Å². The molecule has 0 aliphatic heterocycles. The van der Waals surface area contributed by atoms with Crippen molar-refractivity contribution >= 4 is 24.4 Å². The van der Waals surface area contributed by atoms with Gasteiger partial charge < -0.3 is 9.67 Å². The lowest BCUT2D eigenvalue weighted by Crippen LogP contribution is -1.98. The van der Waals surface area contributed by atoms with Gasteiger partial charge in [-0.1, -0.05) is 0 Å². The first kappa shape index (κ1) is 11.4. The van der Waals surface area contributed by atoms with E-state index < -0.39 is 13.1 Å². The summed E-state index contributed by atoms with van der Waals surface area (Å²) in [5, 5.41) is 10.9. The molecule has 1 rings (SSSR count). The van der Waals surface area contributed by atoms with E-state index in [0.29, 0.717) is 12.6 Å². The van der Waals surface area contributed by atoms with E-state index >= 15 is 0 Å². The maximum atomic E-state index is 11.4. The first-order valence-corrected chi connectivity index (χ1v) is 7.77. The van der Waals surface area contributed by atoms with E-state index in [1.54, 1.807) is 13.3 Å². The van der Waals surface area contributed by atoms with Gasteiger partial charge in [-0.2, -0.15) is 0 Å². The zero-order chi connectivity index (χ0) is 10.8. The smallest absolute Gasteiger partial charge is 0.355 e. The van der Waals surface area contributed by atoms with Crippen LogP contribution < -0.4 is 0 Å². The summed E-state index contributed by atoms with van der Waals surface area (Å²) < 4.78 is 11.4. The van der Waals surface area contributed by atoms with Crippen LogP contribution in [-0.4, -0.2) is 35.6 Å². The van der Waals surface area contributed by atoms with Gasteiger partial charge in [0.25, 0.3) is 0 Å². The molecule has 1 aromatic heterocycles. The van der Waals surface area contributed by atoms with E-state index in [4.69, 9.17) is 5.11 Å². The van der Waals surface area contributed by atoms with Crippen molar-refractivity contribution in [1.29, 1.82) is 0 Å². The number of aromatic nitrogens is 1. The molecule has 0 saturated carbocycles. The lowest BCUT2D eigenvalue weighted by atomic mass is 10.5. The number of hydrogen-bond donors (Lipinski definition) is 1. The average molecular weight is 233 g/mol. The maximum absolute atomic E-state index is 11.4. The van der Waals surface area contributed by atoms with Gasteiger partial charge in [0.15, 0.2) is 5.69 Å². The Balaban J connectivity index is 2.61. The second-order valence-corrected chi connectivity index (χ2v) is 8.02. The second-order valence-electron chi connectivity index (χ2n) is 3.48. The van der Waals surface area contributed by atoms with E-state index in [-0.39, 0.29) is 5.69 Å². The van der Waals surface area contributed by atoms with Crippen molar-refractivity contribution in [3.63, 3.8) is 0 Å². The van der Waals surface area contributed by atoms with Crippen LogP contribution in [0, 0.1) is 0 Å². The molecule has 0 spiro atoms. The molecule has 0 fully saturated rings. The molecular weight excluding hydrogens is 221 g/mol. The third-order valence-corrected chi connectivity index (χ3v) is 3.84. The highest BCUT2D eigenvalue weighted by Gasteiger charge is 2.11. The quantitative estimate of drug-likeness (QED) is 0.808. The summed E-state index contributed by atoms with van der Waals surface area (Å²) in [7, 11) is -2.03. The van der Waals surface area contributed by atoms with Gasteiger partial charge in [0.05, 0.1) is 12.1 Å². The maximum Gasteiger partial charge on any atom is 0.355 e. The second kappa shape index (κ2) is 4.24. The largest absolute Gasteiger partial charge is 0.476 e. The first-order chi connectivity index (χ1) is 6.38. The summed E-state index contributed by atoms with van der Waals surface area (Å²) in [5.74, 6) is -1.01. The molecule has 6 heteroatoms. The minimum Gasteiger partial charge on any atom is -0.476 e. The highest BCUT2D eigenvalue weighted by molar-refractivity contribution is 7.62. The van der Waals surface area contributed by atoms with Crippen LogP contribution in [0.4, 0.5) is 0 Å². The minimum atomic E-state index is -2.03. The number of carboxylic acids is 1. The van der Waals surface area contributed by atoms with Crippen molar-refractivity contribution in [3.05, 3.63) is 16.1 Å².